The maximum absolute atomic E-state index is 12.4. The van der Waals surface area contributed by atoms with E-state index in [2.05, 4.69) is 26.1 Å². The standard InChI is InChI=1S/C16H25NO3/c1-11-7-12(9-16(2,3)8-11)15(19)17-13(10-18)14-5-4-6-20-14/h4-6,11-13,18H,7-10H2,1-3H3,(H,17,19). The molecule has 0 spiro atoms. The molecule has 4 heteroatoms. The molecule has 0 bridgehead atoms. The van der Waals surface area contributed by atoms with E-state index in [0.29, 0.717) is 11.7 Å². The molecule has 1 heterocycles. The zero-order chi connectivity index (χ0) is 14.8. The van der Waals surface area contributed by atoms with Gasteiger partial charge >= 0.3 is 0 Å². The van der Waals surface area contributed by atoms with Gasteiger partial charge in [0.1, 0.15) is 11.8 Å². The Kier molecular flexibility index (Phi) is 4.53. The lowest BCUT2D eigenvalue weighted by Gasteiger charge is -2.38. The quantitative estimate of drug-likeness (QED) is 0.890. The van der Waals surface area contributed by atoms with Crippen molar-refractivity contribution in [2.75, 3.05) is 6.61 Å². The molecule has 0 aromatic carbocycles. The lowest BCUT2D eigenvalue weighted by atomic mass is 9.68. The van der Waals surface area contributed by atoms with Gasteiger partial charge < -0.3 is 14.8 Å². The highest BCUT2D eigenvalue weighted by Crippen LogP contribution is 2.41. The SMILES string of the molecule is CC1CC(C(=O)NC(CO)c2ccco2)CC(C)(C)C1. The molecule has 1 aliphatic carbocycles. The van der Waals surface area contributed by atoms with Crippen LogP contribution in [0.5, 0.6) is 0 Å². The number of carbonyl (C=O) groups is 1. The average molecular weight is 279 g/mol. The third kappa shape index (κ3) is 3.63. The lowest BCUT2D eigenvalue weighted by molar-refractivity contribution is -0.129. The summed E-state index contributed by atoms with van der Waals surface area (Å²) in [6.07, 6.45) is 4.54. The molecule has 20 heavy (non-hydrogen) atoms. The Balaban J connectivity index is 2.00. The van der Waals surface area contributed by atoms with Gasteiger partial charge in [0, 0.05) is 5.92 Å². The minimum absolute atomic E-state index is 0.0257. The number of nitrogens with one attached hydrogen (secondary N) is 1. The number of hydrogen-bond donors (Lipinski definition) is 2. The second-order valence-electron chi connectivity index (χ2n) is 6.87. The van der Waals surface area contributed by atoms with E-state index in [1.165, 1.54) is 6.42 Å². The number of aliphatic hydroxyl groups is 1. The largest absolute Gasteiger partial charge is 0.467 e. The molecule has 1 aromatic heterocycles. The van der Waals surface area contributed by atoms with Gasteiger partial charge in [-0.25, -0.2) is 0 Å². The predicted octanol–water partition coefficient (Wildman–Crippen LogP) is 2.89. The van der Waals surface area contributed by atoms with Crippen LogP contribution in [0.15, 0.2) is 22.8 Å². The van der Waals surface area contributed by atoms with E-state index in [-0.39, 0.29) is 23.8 Å². The molecule has 3 unspecified atom stereocenters. The molecule has 2 N–H and O–H groups in total. The third-order valence-electron chi connectivity index (χ3n) is 4.14. The lowest BCUT2D eigenvalue weighted by Crippen LogP contribution is -2.40. The molecule has 3 atom stereocenters. The molecule has 1 amide bonds. The summed E-state index contributed by atoms with van der Waals surface area (Å²) in [6.45, 7) is 6.50. The fourth-order valence-corrected chi connectivity index (χ4v) is 3.53. The van der Waals surface area contributed by atoms with Crippen LogP contribution in [-0.2, 0) is 4.79 Å². The first kappa shape index (κ1) is 15.1. The summed E-state index contributed by atoms with van der Waals surface area (Å²) in [5.41, 5.74) is 0.207. The Morgan fingerprint density at radius 2 is 2.30 bits per heavy atom. The van der Waals surface area contributed by atoms with Crippen molar-refractivity contribution < 1.29 is 14.3 Å². The minimum atomic E-state index is -0.446. The van der Waals surface area contributed by atoms with E-state index < -0.39 is 6.04 Å². The van der Waals surface area contributed by atoms with E-state index in [1.807, 2.05) is 0 Å². The molecule has 0 aliphatic heterocycles. The maximum atomic E-state index is 12.4. The second kappa shape index (κ2) is 6.00. The van der Waals surface area contributed by atoms with Crippen molar-refractivity contribution in [2.24, 2.45) is 17.3 Å². The molecular formula is C16H25NO3. The van der Waals surface area contributed by atoms with E-state index in [1.54, 1.807) is 18.4 Å². The van der Waals surface area contributed by atoms with Crippen LogP contribution in [0.1, 0.15) is 51.8 Å². The van der Waals surface area contributed by atoms with Gasteiger partial charge in [0.15, 0.2) is 0 Å². The summed E-state index contributed by atoms with van der Waals surface area (Å²) in [6, 6.07) is 3.09. The number of furan rings is 1. The molecule has 1 fully saturated rings. The van der Waals surface area contributed by atoms with Gasteiger partial charge in [-0.2, -0.15) is 0 Å². The zero-order valence-electron chi connectivity index (χ0n) is 12.6. The van der Waals surface area contributed by atoms with Crippen molar-refractivity contribution in [1.29, 1.82) is 0 Å². The Morgan fingerprint density at radius 1 is 1.55 bits per heavy atom. The van der Waals surface area contributed by atoms with E-state index in [9.17, 15) is 9.90 Å². The van der Waals surface area contributed by atoms with Crippen molar-refractivity contribution in [2.45, 2.75) is 46.1 Å². The van der Waals surface area contributed by atoms with Crippen LogP contribution in [0.2, 0.25) is 0 Å². The van der Waals surface area contributed by atoms with Crippen LogP contribution < -0.4 is 5.32 Å². The summed E-state index contributed by atoms with van der Waals surface area (Å²) >= 11 is 0. The number of amides is 1. The Labute approximate surface area is 120 Å². The number of hydrogen-bond acceptors (Lipinski definition) is 3. The Morgan fingerprint density at radius 3 is 2.85 bits per heavy atom. The number of aliphatic hydroxyl groups excluding tert-OH is 1. The highest BCUT2D eigenvalue weighted by atomic mass is 16.3. The number of rotatable bonds is 4. The van der Waals surface area contributed by atoms with E-state index >= 15 is 0 Å². The van der Waals surface area contributed by atoms with Gasteiger partial charge in [-0.05, 0) is 42.7 Å². The molecule has 0 saturated heterocycles. The minimum Gasteiger partial charge on any atom is -0.467 e. The van der Waals surface area contributed by atoms with Gasteiger partial charge in [-0.15, -0.1) is 0 Å². The zero-order valence-corrected chi connectivity index (χ0v) is 12.6. The number of carbonyl (C=O) groups excluding carboxylic acids is 1. The summed E-state index contributed by atoms with van der Waals surface area (Å²) in [5.74, 6) is 1.22. The first-order chi connectivity index (χ1) is 9.41. The normalized spacial score (nSPS) is 27.0. The second-order valence-corrected chi connectivity index (χ2v) is 6.87. The van der Waals surface area contributed by atoms with Crippen molar-refractivity contribution in [3.05, 3.63) is 24.2 Å². The molecule has 1 aliphatic rings. The van der Waals surface area contributed by atoms with Crippen molar-refractivity contribution in [3.8, 4) is 0 Å². The predicted molar refractivity (Wildman–Crippen MR) is 77.0 cm³/mol. The topological polar surface area (TPSA) is 62.5 Å². The molecule has 4 nitrogen and oxygen atoms in total. The summed E-state index contributed by atoms with van der Waals surface area (Å²) in [4.78, 5) is 12.4. The molecule has 1 saturated carbocycles. The smallest absolute Gasteiger partial charge is 0.223 e. The first-order valence-electron chi connectivity index (χ1n) is 7.36. The van der Waals surface area contributed by atoms with Crippen LogP contribution in [0.4, 0.5) is 0 Å². The van der Waals surface area contributed by atoms with Gasteiger partial charge in [0.2, 0.25) is 5.91 Å². The van der Waals surface area contributed by atoms with Crippen LogP contribution in [0, 0.1) is 17.3 Å². The average Bonchev–Trinajstić information content (AvgIpc) is 2.86. The molecule has 112 valence electrons. The van der Waals surface area contributed by atoms with Crippen LogP contribution in [0.3, 0.4) is 0 Å². The third-order valence-corrected chi connectivity index (χ3v) is 4.14. The van der Waals surface area contributed by atoms with E-state index in [4.69, 9.17) is 4.42 Å². The van der Waals surface area contributed by atoms with Crippen LogP contribution >= 0.6 is 0 Å². The summed E-state index contributed by atoms with van der Waals surface area (Å²) in [5, 5.41) is 12.3. The molecule has 0 radical (unpaired) electrons. The van der Waals surface area contributed by atoms with Crippen LogP contribution in [-0.4, -0.2) is 17.6 Å². The maximum Gasteiger partial charge on any atom is 0.223 e. The Hall–Kier alpha value is -1.29. The van der Waals surface area contributed by atoms with Crippen molar-refractivity contribution in [3.63, 3.8) is 0 Å². The molecule has 2 rings (SSSR count). The van der Waals surface area contributed by atoms with Crippen molar-refractivity contribution >= 4 is 5.91 Å². The van der Waals surface area contributed by atoms with Gasteiger partial charge in [0.25, 0.3) is 0 Å². The molecule has 1 aromatic rings. The fourth-order valence-electron chi connectivity index (χ4n) is 3.53. The highest BCUT2D eigenvalue weighted by Gasteiger charge is 2.36. The van der Waals surface area contributed by atoms with Gasteiger partial charge in [0.05, 0.1) is 12.9 Å². The van der Waals surface area contributed by atoms with Crippen LogP contribution in [0.25, 0.3) is 0 Å². The highest BCUT2D eigenvalue weighted by molar-refractivity contribution is 5.79. The van der Waals surface area contributed by atoms with Crippen molar-refractivity contribution in [1.82, 2.24) is 5.32 Å². The molecular weight excluding hydrogens is 254 g/mol. The fraction of sp³-hybridized carbons (Fsp3) is 0.688. The van der Waals surface area contributed by atoms with Gasteiger partial charge in [-0.3, -0.25) is 4.79 Å². The monoisotopic (exact) mass is 279 g/mol. The summed E-state index contributed by atoms with van der Waals surface area (Å²) < 4.78 is 5.26. The summed E-state index contributed by atoms with van der Waals surface area (Å²) in [7, 11) is 0. The Bertz CT molecular complexity index is 439. The first-order valence-corrected chi connectivity index (χ1v) is 7.36. The van der Waals surface area contributed by atoms with Gasteiger partial charge in [-0.1, -0.05) is 20.8 Å². The van der Waals surface area contributed by atoms with E-state index in [0.717, 1.165) is 12.8 Å².